The normalized spacial score (nSPS) is 27.2. The first-order valence-electron chi connectivity index (χ1n) is 10.7. The van der Waals surface area contributed by atoms with Gasteiger partial charge in [-0.05, 0) is 98.1 Å². The molecular formula is C25H31FO2. The molecular weight excluding hydrogens is 351 g/mol. The molecule has 0 amide bonds. The Labute approximate surface area is 168 Å². The van der Waals surface area contributed by atoms with Crippen molar-refractivity contribution in [3.8, 4) is 16.9 Å². The Balaban J connectivity index is 1.45. The van der Waals surface area contributed by atoms with Gasteiger partial charge in [0.25, 0.3) is 0 Å². The number of ether oxygens (including phenoxy) is 2. The number of halogens is 1. The molecule has 4 rings (SSSR count). The highest BCUT2D eigenvalue weighted by molar-refractivity contribution is 5.64. The van der Waals surface area contributed by atoms with Gasteiger partial charge in [-0.2, -0.15) is 0 Å². The molecule has 2 aliphatic rings. The summed E-state index contributed by atoms with van der Waals surface area (Å²) in [6.07, 6.45) is 7.48. The SMILES string of the molecule is CCOC1CCC2CC(c3ccc(-c4ccc(OC)cc4)cc3F)CCC2C1. The topological polar surface area (TPSA) is 18.5 Å². The lowest BCUT2D eigenvalue weighted by Gasteiger charge is -2.42. The fraction of sp³-hybridized carbons (Fsp3) is 0.520. The lowest BCUT2D eigenvalue weighted by molar-refractivity contribution is -0.00968. The van der Waals surface area contributed by atoms with Crippen LogP contribution < -0.4 is 4.74 Å². The van der Waals surface area contributed by atoms with Crippen LogP contribution in [-0.2, 0) is 4.74 Å². The van der Waals surface area contributed by atoms with Crippen molar-refractivity contribution in [1.82, 2.24) is 0 Å². The highest BCUT2D eigenvalue weighted by atomic mass is 19.1. The number of methoxy groups -OCH3 is 1. The summed E-state index contributed by atoms with van der Waals surface area (Å²) in [5, 5.41) is 0. The number of fused-ring (bicyclic) bond motifs is 1. The molecule has 0 N–H and O–H groups in total. The largest absolute Gasteiger partial charge is 0.497 e. The minimum atomic E-state index is -0.0558. The van der Waals surface area contributed by atoms with Crippen LogP contribution in [0.4, 0.5) is 4.39 Å². The molecule has 2 nitrogen and oxygen atoms in total. The van der Waals surface area contributed by atoms with Gasteiger partial charge in [-0.25, -0.2) is 4.39 Å². The van der Waals surface area contributed by atoms with Crippen molar-refractivity contribution in [3.05, 3.63) is 53.8 Å². The molecule has 0 aromatic heterocycles. The predicted molar refractivity (Wildman–Crippen MR) is 111 cm³/mol. The Morgan fingerprint density at radius 2 is 1.61 bits per heavy atom. The van der Waals surface area contributed by atoms with Crippen molar-refractivity contribution in [2.75, 3.05) is 13.7 Å². The zero-order valence-electron chi connectivity index (χ0n) is 17.0. The lowest BCUT2D eigenvalue weighted by atomic mass is 9.65. The predicted octanol–water partition coefficient (Wildman–Crippen LogP) is 6.59. The second kappa shape index (κ2) is 8.65. The lowest BCUT2D eigenvalue weighted by Crippen LogP contribution is -2.33. The Kier molecular flexibility index (Phi) is 6.01. The molecule has 0 spiro atoms. The van der Waals surface area contributed by atoms with E-state index in [2.05, 4.69) is 13.0 Å². The first-order chi connectivity index (χ1) is 13.7. The molecule has 4 atom stereocenters. The molecule has 2 fully saturated rings. The molecule has 2 aromatic rings. The smallest absolute Gasteiger partial charge is 0.127 e. The Hall–Kier alpha value is -1.87. The van der Waals surface area contributed by atoms with Crippen LogP contribution in [0, 0.1) is 17.7 Å². The first kappa shape index (κ1) is 19.4. The van der Waals surface area contributed by atoms with Gasteiger partial charge in [0, 0.05) is 6.61 Å². The van der Waals surface area contributed by atoms with Gasteiger partial charge in [0.1, 0.15) is 11.6 Å². The minimum absolute atomic E-state index is 0.0558. The standard InChI is InChI=1S/C25H31FO2/c1-3-28-23-12-8-18-14-21(5-4-19(18)15-23)24-13-9-20(16-25(24)26)17-6-10-22(27-2)11-7-17/h6-7,9-11,13,16,18-19,21,23H,3-5,8,12,14-15H2,1-2H3. The van der Waals surface area contributed by atoms with Crippen molar-refractivity contribution in [1.29, 1.82) is 0 Å². The van der Waals surface area contributed by atoms with Crippen molar-refractivity contribution < 1.29 is 13.9 Å². The highest BCUT2D eigenvalue weighted by Gasteiger charge is 2.36. The number of benzene rings is 2. The molecule has 0 radical (unpaired) electrons. The van der Waals surface area contributed by atoms with E-state index in [9.17, 15) is 0 Å². The summed E-state index contributed by atoms with van der Waals surface area (Å²) in [6.45, 7) is 2.90. The number of rotatable bonds is 5. The van der Waals surface area contributed by atoms with Crippen LogP contribution in [0.1, 0.15) is 56.9 Å². The van der Waals surface area contributed by atoms with Crippen LogP contribution in [0.25, 0.3) is 11.1 Å². The summed E-state index contributed by atoms with van der Waals surface area (Å²) in [7, 11) is 1.65. The van der Waals surface area contributed by atoms with Gasteiger partial charge in [-0.15, -0.1) is 0 Å². The van der Waals surface area contributed by atoms with Crippen LogP contribution in [0.5, 0.6) is 5.75 Å². The number of hydrogen-bond acceptors (Lipinski definition) is 2. The quantitative estimate of drug-likeness (QED) is 0.581. The van der Waals surface area contributed by atoms with Gasteiger partial charge in [0.15, 0.2) is 0 Å². The number of hydrogen-bond donors (Lipinski definition) is 0. The highest BCUT2D eigenvalue weighted by Crippen LogP contribution is 2.47. The van der Waals surface area contributed by atoms with E-state index < -0.39 is 0 Å². The van der Waals surface area contributed by atoms with E-state index in [0.29, 0.717) is 12.0 Å². The molecule has 4 unspecified atom stereocenters. The van der Waals surface area contributed by atoms with Gasteiger partial charge >= 0.3 is 0 Å². The Morgan fingerprint density at radius 1 is 0.893 bits per heavy atom. The van der Waals surface area contributed by atoms with Crippen LogP contribution in [0.15, 0.2) is 42.5 Å². The molecule has 2 saturated carbocycles. The Bertz CT molecular complexity index is 786. The maximum absolute atomic E-state index is 15.0. The zero-order chi connectivity index (χ0) is 19.5. The molecule has 2 aliphatic carbocycles. The fourth-order valence-corrected chi connectivity index (χ4v) is 5.34. The van der Waals surface area contributed by atoms with Crippen molar-refractivity contribution in [2.45, 2.75) is 57.5 Å². The average Bonchev–Trinajstić information content (AvgIpc) is 2.73. The van der Waals surface area contributed by atoms with E-state index in [0.717, 1.165) is 53.7 Å². The van der Waals surface area contributed by atoms with Crippen molar-refractivity contribution >= 4 is 0 Å². The zero-order valence-corrected chi connectivity index (χ0v) is 17.0. The van der Waals surface area contributed by atoms with Crippen LogP contribution in [0.2, 0.25) is 0 Å². The van der Waals surface area contributed by atoms with Gasteiger partial charge in [-0.3, -0.25) is 0 Å². The summed E-state index contributed by atoms with van der Waals surface area (Å²) in [6, 6.07) is 13.6. The Morgan fingerprint density at radius 3 is 2.32 bits per heavy atom. The third kappa shape index (κ3) is 4.10. The third-order valence-electron chi connectivity index (χ3n) is 6.83. The molecule has 0 heterocycles. The van der Waals surface area contributed by atoms with Crippen LogP contribution >= 0.6 is 0 Å². The van der Waals surface area contributed by atoms with E-state index in [4.69, 9.17) is 9.47 Å². The van der Waals surface area contributed by atoms with Gasteiger partial charge < -0.3 is 9.47 Å². The molecule has 0 bridgehead atoms. The van der Waals surface area contributed by atoms with E-state index in [1.807, 2.05) is 30.3 Å². The summed E-state index contributed by atoms with van der Waals surface area (Å²) in [4.78, 5) is 0. The van der Waals surface area contributed by atoms with Crippen molar-refractivity contribution in [2.24, 2.45) is 11.8 Å². The van der Waals surface area contributed by atoms with Gasteiger partial charge in [0.2, 0.25) is 0 Å². The molecule has 0 saturated heterocycles. The van der Waals surface area contributed by atoms with Crippen LogP contribution in [-0.4, -0.2) is 19.8 Å². The molecule has 150 valence electrons. The maximum Gasteiger partial charge on any atom is 0.127 e. The molecule has 3 heteroatoms. The van der Waals surface area contributed by atoms with Crippen LogP contribution in [0.3, 0.4) is 0 Å². The van der Waals surface area contributed by atoms with E-state index >= 15 is 4.39 Å². The average molecular weight is 383 g/mol. The second-order valence-electron chi connectivity index (χ2n) is 8.39. The van der Waals surface area contributed by atoms with Crippen molar-refractivity contribution in [3.63, 3.8) is 0 Å². The third-order valence-corrected chi connectivity index (χ3v) is 6.83. The molecule has 2 aromatic carbocycles. The molecule has 0 aliphatic heterocycles. The van der Waals surface area contributed by atoms with E-state index in [-0.39, 0.29) is 5.82 Å². The minimum Gasteiger partial charge on any atom is -0.497 e. The van der Waals surface area contributed by atoms with Gasteiger partial charge in [-0.1, -0.05) is 24.3 Å². The summed E-state index contributed by atoms with van der Waals surface area (Å²) >= 11 is 0. The molecule has 28 heavy (non-hydrogen) atoms. The fourth-order valence-electron chi connectivity index (χ4n) is 5.34. The first-order valence-corrected chi connectivity index (χ1v) is 10.7. The van der Waals surface area contributed by atoms with Gasteiger partial charge in [0.05, 0.1) is 13.2 Å². The summed E-state index contributed by atoms with van der Waals surface area (Å²) in [5.74, 6) is 2.62. The van der Waals surface area contributed by atoms with E-state index in [1.165, 1.54) is 25.7 Å². The summed E-state index contributed by atoms with van der Waals surface area (Å²) in [5.41, 5.74) is 2.85. The maximum atomic E-state index is 15.0. The monoisotopic (exact) mass is 382 g/mol. The summed E-state index contributed by atoms with van der Waals surface area (Å²) < 4.78 is 26.1. The van der Waals surface area contributed by atoms with E-state index in [1.54, 1.807) is 13.2 Å². The second-order valence-corrected chi connectivity index (χ2v) is 8.39.